The molecule has 0 aromatic carbocycles. The van der Waals surface area contributed by atoms with Gasteiger partial charge in [0, 0.05) is 45.2 Å². The van der Waals surface area contributed by atoms with Crippen molar-refractivity contribution >= 4 is 38.9 Å². The van der Waals surface area contributed by atoms with Crippen molar-refractivity contribution in [3.8, 4) is 0 Å². The first-order valence-corrected chi connectivity index (χ1v) is 8.63. The van der Waals surface area contributed by atoms with E-state index in [1.807, 2.05) is 24.3 Å². The molecule has 6 heteroatoms. The number of thiophene rings is 1. The zero-order valence-corrected chi connectivity index (χ0v) is 14.0. The van der Waals surface area contributed by atoms with Crippen LogP contribution in [0.15, 0.2) is 38.7 Å². The van der Waals surface area contributed by atoms with Crippen LogP contribution in [0.2, 0.25) is 0 Å². The van der Waals surface area contributed by atoms with Gasteiger partial charge >= 0.3 is 0 Å². The summed E-state index contributed by atoms with van der Waals surface area (Å²) in [4.78, 5) is 17.5. The number of furan rings is 1. The maximum absolute atomic E-state index is 12.1. The third kappa shape index (κ3) is 3.75. The van der Waals surface area contributed by atoms with Crippen LogP contribution in [0.3, 0.4) is 0 Å². The van der Waals surface area contributed by atoms with Crippen molar-refractivity contribution in [3.63, 3.8) is 0 Å². The van der Waals surface area contributed by atoms with Crippen LogP contribution in [-0.4, -0.2) is 43.4 Å². The minimum absolute atomic E-state index is 0.235. The molecular weight excluding hydrogens is 352 g/mol. The summed E-state index contributed by atoms with van der Waals surface area (Å²) < 4.78 is 6.43. The number of halogens is 1. The number of anilines is 1. The molecule has 1 fully saturated rings. The molecule has 4 nitrogen and oxygen atoms in total. The summed E-state index contributed by atoms with van der Waals surface area (Å²) in [6.07, 6.45) is 2.30. The van der Waals surface area contributed by atoms with Gasteiger partial charge in [-0.05, 0) is 34.1 Å². The Kier molecular flexibility index (Phi) is 4.77. The first kappa shape index (κ1) is 14.8. The van der Waals surface area contributed by atoms with Gasteiger partial charge in [-0.3, -0.25) is 9.69 Å². The van der Waals surface area contributed by atoms with E-state index in [-0.39, 0.29) is 5.78 Å². The smallest absolute Gasteiger partial charge is 0.195 e. The molecule has 0 atom stereocenters. The summed E-state index contributed by atoms with van der Waals surface area (Å²) in [7, 11) is 0. The van der Waals surface area contributed by atoms with Crippen LogP contribution in [-0.2, 0) is 0 Å². The number of piperazine rings is 1. The Bertz CT molecular complexity index is 589. The van der Waals surface area contributed by atoms with Crippen molar-refractivity contribution in [2.75, 3.05) is 37.6 Å². The fourth-order valence-electron chi connectivity index (χ4n) is 2.49. The third-order valence-electron chi connectivity index (χ3n) is 3.69. The molecule has 21 heavy (non-hydrogen) atoms. The molecule has 3 rings (SSSR count). The number of hydrogen-bond donors (Lipinski definition) is 0. The number of carbonyl (C=O) groups excluding carboxylic acids is 1. The summed E-state index contributed by atoms with van der Waals surface area (Å²) in [6.45, 7) is 4.68. The molecule has 2 aromatic rings. The molecule has 1 saturated heterocycles. The van der Waals surface area contributed by atoms with Crippen molar-refractivity contribution in [2.24, 2.45) is 0 Å². The lowest BCUT2D eigenvalue weighted by Gasteiger charge is -2.34. The van der Waals surface area contributed by atoms with Crippen molar-refractivity contribution in [1.29, 1.82) is 0 Å². The lowest BCUT2D eigenvalue weighted by molar-refractivity contribution is 0.0966. The molecule has 3 heterocycles. The van der Waals surface area contributed by atoms with E-state index >= 15 is 0 Å². The van der Waals surface area contributed by atoms with E-state index in [9.17, 15) is 4.79 Å². The van der Waals surface area contributed by atoms with Crippen molar-refractivity contribution < 1.29 is 9.21 Å². The van der Waals surface area contributed by atoms with Gasteiger partial charge in [0.15, 0.2) is 11.7 Å². The highest BCUT2D eigenvalue weighted by molar-refractivity contribution is 9.11. The molecule has 1 aliphatic heterocycles. The average molecular weight is 369 g/mol. The minimum atomic E-state index is 0.235. The number of hydrogen-bond acceptors (Lipinski definition) is 5. The van der Waals surface area contributed by atoms with Gasteiger partial charge in [0.25, 0.3) is 0 Å². The molecule has 0 amide bonds. The average Bonchev–Trinajstić information content (AvgIpc) is 3.16. The fourth-order valence-corrected chi connectivity index (χ4v) is 3.84. The Morgan fingerprint density at radius 1 is 1.24 bits per heavy atom. The number of nitrogens with zero attached hydrogens (tertiary/aromatic N) is 2. The highest BCUT2D eigenvalue weighted by Gasteiger charge is 2.19. The van der Waals surface area contributed by atoms with E-state index < -0.39 is 0 Å². The van der Waals surface area contributed by atoms with Crippen LogP contribution in [0.25, 0.3) is 0 Å². The molecule has 0 N–H and O–H groups in total. The van der Waals surface area contributed by atoms with Gasteiger partial charge in [-0.15, -0.1) is 11.3 Å². The summed E-state index contributed by atoms with van der Waals surface area (Å²) in [6, 6.07) is 7.74. The molecular formula is C15H17BrN2O2S. The van der Waals surface area contributed by atoms with Crippen molar-refractivity contribution in [2.45, 2.75) is 6.42 Å². The van der Waals surface area contributed by atoms with E-state index in [1.54, 1.807) is 6.26 Å². The Balaban J connectivity index is 1.44. The van der Waals surface area contributed by atoms with Gasteiger partial charge < -0.3 is 9.32 Å². The lowest BCUT2D eigenvalue weighted by Crippen LogP contribution is -2.46. The zero-order valence-electron chi connectivity index (χ0n) is 11.6. The van der Waals surface area contributed by atoms with E-state index in [0.717, 1.165) is 47.3 Å². The van der Waals surface area contributed by atoms with Crippen molar-refractivity contribution in [3.05, 3.63) is 39.2 Å². The van der Waals surface area contributed by atoms with Gasteiger partial charge in [0.2, 0.25) is 0 Å². The number of rotatable bonds is 5. The Morgan fingerprint density at radius 3 is 2.67 bits per heavy atom. The summed E-state index contributed by atoms with van der Waals surface area (Å²) in [5.41, 5.74) is 0. The highest BCUT2D eigenvalue weighted by atomic mass is 79.9. The Labute approximate surface area is 136 Å². The van der Waals surface area contributed by atoms with Crippen LogP contribution in [0.5, 0.6) is 0 Å². The Hall–Kier alpha value is -1.11. The van der Waals surface area contributed by atoms with Crippen LogP contribution in [0, 0.1) is 0 Å². The van der Waals surface area contributed by atoms with Crippen LogP contribution < -0.4 is 4.90 Å². The van der Waals surface area contributed by atoms with Gasteiger partial charge in [-0.1, -0.05) is 0 Å². The standard InChI is InChI=1S/C15H17BrN2O2S/c16-14-4-3-13(21-14)12(19)5-6-17-7-9-18(10-8-17)15-2-1-11-20-15/h1-4,11H,5-10H2. The number of Topliss-reactive ketones (excluding diaryl/α,β-unsaturated/α-hetero) is 1. The van der Waals surface area contributed by atoms with Gasteiger partial charge in [0.05, 0.1) is 14.9 Å². The molecule has 0 unspecified atom stereocenters. The molecule has 0 radical (unpaired) electrons. The van der Waals surface area contributed by atoms with Gasteiger partial charge in [0.1, 0.15) is 0 Å². The van der Waals surface area contributed by atoms with Crippen LogP contribution >= 0.6 is 27.3 Å². The summed E-state index contributed by atoms with van der Waals surface area (Å²) in [5, 5.41) is 0. The normalized spacial score (nSPS) is 16.3. The zero-order chi connectivity index (χ0) is 14.7. The number of ketones is 1. The second kappa shape index (κ2) is 6.77. The highest BCUT2D eigenvalue weighted by Crippen LogP contribution is 2.23. The molecule has 2 aromatic heterocycles. The monoisotopic (exact) mass is 368 g/mol. The number of carbonyl (C=O) groups is 1. The SMILES string of the molecule is O=C(CCN1CCN(c2ccco2)CC1)c1ccc(Br)s1. The summed E-state index contributed by atoms with van der Waals surface area (Å²) in [5.74, 6) is 1.17. The van der Waals surface area contributed by atoms with Crippen LogP contribution in [0.4, 0.5) is 5.88 Å². The van der Waals surface area contributed by atoms with E-state index in [0.29, 0.717) is 6.42 Å². The lowest BCUT2D eigenvalue weighted by atomic mass is 10.2. The first-order chi connectivity index (χ1) is 10.2. The first-order valence-electron chi connectivity index (χ1n) is 7.02. The maximum Gasteiger partial charge on any atom is 0.195 e. The molecule has 0 spiro atoms. The van der Waals surface area contributed by atoms with Gasteiger partial charge in [-0.25, -0.2) is 0 Å². The molecule has 112 valence electrons. The molecule has 0 bridgehead atoms. The predicted molar refractivity (Wildman–Crippen MR) is 88.3 cm³/mol. The fraction of sp³-hybridized carbons (Fsp3) is 0.400. The van der Waals surface area contributed by atoms with Crippen molar-refractivity contribution in [1.82, 2.24) is 4.90 Å². The largest absolute Gasteiger partial charge is 0.449 e. The summed E-state index contributed by atoms with van der Waals surface area (Å²) >= 11 is 4.90. The third-order valence-corrected chi connectivity index (χ3v) is 5.36. The van der Waals surface area contributed by atoms with Crippen LogP contribution in [0.1, 0.15) is 16.1 Å². The Morgan fingerprint density at radius 2 is 2.05 bits per heavy atom. The predicted octanol–water partition coefficient (Wildman–Crippen LogP) is 3.50. The van der Waals surface area contributed by atoms with E-state index in [4.69, 9.17) is 4.42 Å². The van der Waals surface area contributed by atoms with Gasteiger partial charge in [-0.2, -0.15) is 0 Å². The van der Waals surface area contributed by atoms with E-state index in [1.165, 1.54) is 11.3 Å². The quantitative estimate of drug-likeness (QED) is 0.756. The second-order valence-corrected chi connectivity index (χ2v) is 7.52. The minimum Gasteiger partial charge on any atom is -0.449 e. The maximum atomic E-state index is 12.1. The molecule has 0 saturated carbocycles. The molecule has 0 aliphatic carbocycles. The topological polar surface area (TPSA) is 36.7 Å². The van der Waals surface area contributed by atoms with E-state index in [2.05, 4.69) is 25.7 Å². The molecule has 1 aliphatic rings. The second-order valence-electron chi connectivity index (χ2n) is 5.06.